The van der Waals surface area contributed by atoms with Gasteiger partial charge in [0, 0.05) is 38.1 Å². The fourth-order valence-corrected chi connectivity index (χ4v) is 10.1. The van der Waals surface area contributed by atoms with Crippen molar-refractivity contribution >= 4 is 16.3 Å². The normalized spacial score (nSPS) is 16.7. The van der Waals surface area contributed by atoms with E-state index in [0.717, 1.165) is 45.2 Å². The second kappa shape index (κ2) is 18.7. The number of nitrogens with zero attached hydrogens (tertiary/aromatic N) is 4. The Morgan fingerprint density at radius 1 is 0.818 bits per heavy atom. The number of benzene rings is 4. The highest BCUT2D eigenvalue weighted by molar-refractivity contribution is 7.89. The Morgan fingerprint density at radius 2 is 1.40 bits per heavy atom. The number of aromatic nitrogens is 1. The number of hydrogen-bond donors (Lipinski definition) is 0. The Kier molecular flexibility index (Phi) is 13.6. The van der Waals surface area contributed by atoms with Gasteiger partial charge in [-0.15, -0.1) is 6.58 Å². The number of sulfonamides is 1. The molecule has 55 heavy (non-hydrogen) atoms. The summed E-state index contributed by atoms with van der Waals surface area (Å²) >= 11 is 0. The molecule has 0 amide bonds. The van der Waals surface area contributed by atoms with Gasteiger partial charge in [0.1, 0.15) is 11.5 Å². The predicted molar refractivity (Wildman–Crippen MR) is 223 cm³/mol. The lowest BCUT2D eigenvalue weighted by Gasteiger charge is -2.39. The number of unbranched alkanes of at least 4 members (excludes halogenated alkanes) is 1. The van der Waals surface area contributed by atoms with Crippen LogP contribution in [0.3, 0.4) is 0 Å². The Balaban J connectivity index is 1.07. The first-order valence-electron chi connectivity index (χ1n) is 19.5. The van der Waals surface area contributed by atoms with Crippen molar-refractivity contribution in [3.05, 3.63) is 186 Å². The molecular formula is C47H54N4O3S. The molecule has 0 radical (unpaired) electrons. The maximum atomic E-state index is 13.6. The van der Waals surface area contributed by atoms with Crippen molar-refractivity contribution in [3.8, 4) is 0 Å². The lowest BCUT2D eigenvalue weighted by Crippen LogP contribution is -2.56. The Bertz CT molecular complexity index is 1950. The molecule has 1 saturated heterocycles. The van der Waals surface area contributed by atoms with Gasteiger partial charge in [0.2, 0.25) is 10.0 Å². The third-order valence-corrected chi connectivity index (χ3v) is 13.4. The molecule has 0 spiro atoms. The molecule has 3 unspecified atom stereocenters. The molecule has 6 rings (SSSR count). The Morgan fingerprint density at radius 3 is 1.91 bits per heavy atom. The fourth-order valence-electron chi connectivity index (χ4n) is 8.34. The van der Waals surface area contributed by atoms with Crippen LogP contribution < -0.4 is 0 Å². The summed E-state index contributed by atoms with van der Waals surface area (Å²) in [4.78, 5) is 20.9. The second-order valence-corrected chi connectivity index (χ2v) is 16.6. The molecule has 5 aromatic rings. The number of hydrogen-bond acceptors (Lipinski definition) is 6. The zero-order valence-corrected chi connectivity index (χ0v) is 33.0. The first-order valence-corrected chi connectivity index (χ1v) is 21.0. The summed E-state index contributed by atoms with van der Waals surface area (Å²) in [5.41, 5.74) is 6.37. The van der Waals surface area contributed by atoms with Gasteiger partial charge in [0.25, 0.3) is 0 Å². The monoisotopic (exact) mass is 754 g/mol. The van der Waals surface area contributed by atoms with Crippen LogP contribution in [0.15, 0.2) is 152 Å². The lowest BCUT2D eigenvalue weighted by atomic mass is 9.65. The zero-order chi connectivity index (χ0) is 38.7. The van der Waals surface area contributed by atoms with Gasteiger partial charge in [-0.25, -0.2) is 8.42 Å². The largest absolute Gasteiger partial charge is 0.302 e. The SMILES string of the molecule is C=CC(c1cccnc1)S(=O)(=O)N1CCN(CCCCN(CC)C(C)Cc2ccc(C(c3ccccc3)(c3ccccc3)c3ccccc3)cc2)C(C=O)C1. The first kappa shape index (κ1) is 39.9. The van der Waals surface area contributed by atoms with Crippen LogP contribution in [0.2, 0.25) is 0 Å². The highest BCUT2D eigenvalue weighted by atomic mass is 32.2. The van der Waals surface area contributed by atoms with Crippen molar-refractivity contribution in [1.82, 2.24) is 19.1 Å². The van der Waals surface area contributed by atoms with Crippen molar-refractivity contribution in [2.24, 2.45) is 0 Å². The molecule has 0 aliphatic carbocycles. The molecule has 8 heteroatoms. The minimum atomic E-state index is -3.73. The standard InChI is InChI=1S/C47H54N4O3S/c1-4-46(40-18-17-29-48-35-40)55(53,54)51-33-32-50(45(36-51)37-52)31-16-15-30-49(5-2)38(3)34-39-25-27-44(28-26-39)47(41-19-9-6-10-20-41,42-21-11-7-12-22-42)43-23-13-8-14-24-43/h4,6-14,17-29,35,37-38,45-46H,1,5,15-16,30-34,36H2,2-3H3. The van der Waals surface area contributed by atoms with Gasteiger partial charge in [-0.05, 0) is 85.3 Å². The quantitative estimate of drug-likeness (QED) is 0.0392. The van der Waals surface area contributed by atoms with Crippen LogP contribution in [-0.2, 0) is 26.7 Å². The lowest BCUT2D eigenvalue weighted by molar-refractivity contribution is -0.113. The molecule has 1 aromatic heterocycles. The van der Waals surface area contributed by atoms with Crippen molar-refractivity contribution < 1.29 is 13.2 Å². The van der Waals surface area contributed by atoms with E-state index in [-0.39, 0.29) is 6.54 Å². The van der Waals surface area contributed by atoms with Crippen LogP contribution in [-0.4, -0.2) is 85.1 Å². The smallest absolute Gasteiger partial charge is 0.224 e. The zero-order valence-electron chi connectivity index (χ0n) is 32.2. The van der Waals surface area contributed by atoms with Crippen LogP contribution in [0.1, 0.15) is 65.3 Å². The molecular weight excluding hydrogens is 701 g/mol. The second-order valence-electron chi connectivity index (χ2n) is 14.5. The van der Waals surface area contributed by atoms with Gasteiger partial charge in [0.15, 0.2) is 0 Å². The summed E-state index contributed by atoms with van der Waals surface area (Å²) in [6, 6.07) is 45.0. The van der Waals surface area contributed by atoms with E-state index in [2.05, 4.69) is 150 Å². The van der Waals surface area contributed by atoms with Crippen molar-refractivity contribution in [1.29, 1.82) is 0 Å². The molecule has 0 bridgehead atoms. The summed E-state index contributed by atoms with van der Waals surface area (Å²) in [7, 11) is -3.73. The molecule has 1 aliphatic heterocycles. The van der Waals surface area contributed by atoms with Crippen molar-refractivity contribution in [2.45, 2.75) is 55.9 Å². The summed E-state index contributed by atoms with van der Waals surface area (Å²) in [6.45, 7) is 12.0. The Hall–Kier alpha value is -4.73. The summed E-state index contributed by atoms with van der Waals surface area (Å²) in [5, 5.41) is -0.897. The minimum absolute atomic E-state index is 0.149. The third kappa shape index (κ3) is 8.89. The van der Waals surface area contributed by atoms with E-state index in [1.165, 1.54) is 38.2 Å². The van der Waals surface area contributed by atoms with Gasteiger partial charge < -0.3 is 9.69 Å². The molecule has 0 N–H and O–H groups in total. The number of pyridine rings is 1. The maximum absolute atomic E-state index is 13.6. The number of rotatable bonds is 18. The molecule has 0 saturated carbocycles. The predicted octanol–water partition coefficient (Wildman–Crippen LogP) is 7.94. The van der Waals surface area contributed by atoms with E-state index < -0.39 is 26.7 Å². The van der Waals surface area contributed by atoms with Crippen molar-refractivity contribution in [2.75, 3.05) is 39.3 Å². The first-order chi connectivity index (χ1) is 26.8. The van der Waals surface area contributed by atoms with Gasteiger partial charge in [0.05, 0.1) is 11.5 Å². The topological polar surface area (TPSA) is 73.8 Å². The van der Waals surface area contributed by atoms with Crippen LogP contribution in [0.5, 0.6) is 0 Å². The van der Waals surface area contributed by atoms with Gasteiger partial charge in [-0.1, -0.05) is 134 Å². The number of piperazine rings is 1. The molecule has 1 fully saturated rings. The van der Waals surface area contributed by atoms with Crippen LogP contribution in [0, 0.1) is 0 Å². The van der Waals surface area contributed by atoms with Crippen LogP contribution in [0.25, 0.3) is 0 Å². The fraction of sp³-hybridized carbons (Fsp3) is 0.319. The van der Waals surface area contributed by atoms with E-state index in [4.69, 9.17) is 0 Å². The molecule has 4 aromatic carbocycles. The molecule has 7 nitrogen and oxygen atoms in total. The highest BCUT2D eigenvalue weighted by Crippen LogP contribution is 2.45. The van der Waals surface area contributed by atoms with Crippen LogP contribution >= 0.6 is 0 Å². The van der Waals surface area contributed by atoms with Gasteiger partial charge >= 0.3 is 0 Å². The third-order valence-electron chi connectivity index (χ3n) is 11.3. The number of aldehydes is 1. The number of likely N-dealkylation sites (N-methyl/N-ethyl adjacent to an activating group) is 1. The van der Waals surface area contributed by atoms with E-state index >= 15 is 0 Å². The average molecular weight is 755 g/mol. The van der Waals surface area contributed by atoms with Crippen molar-refractivity contribution in [3.63, 3.8) is 0 Å². The van der Waals surface area contributed by atoms with E-state index in [1.807, 2.05) is 0 Å². The van der Waals surface area contributed by atoms with E-state index in [1.54, 1.807) is 24.5 Å². The van der Waals surface area contributed by atoms with Gasteiger partial charge in [-0.3, -0.25) is 9.88 Å². The molecule has 286 valence electrons. The van der Waals surface area contributed by atoms with E-state index in [9.17, 15) is 13.2 Å². The molecule has 3 atom stereocenters. The number of carbonyl (C=O) groups excluding carboxylic acids is 1. The summed E-state index contributed by atoms with van der Waals surface area (Å²) in [6.07, 6.45) is 8.38. The molecule has 1 aliphatic rings. The molecule has 2 heterocycles. The summed E-state index contributed by atoms with van der Waals surface area (Å²) in [5.74, 6) is 0. The van der Waals surface area contributed by atoms with E-state index in [0.29, 0.717) is 24.7 Å². The van der Waals surface area contributed by atoms with Crippen LogP contribution in [0.4, 0.5) is 0 Å². The highest BCUT2D eigenvalue weighted by Gasteiger charge is 2.39. The maximum Gasteiger partial charge on any atom is 0.224 e. The number of carbonyl (C=O) groups is 1. The Labute approximate surface area is 328 Å². The average Bonchev–Trinajstić information content (AvgIpc) is 3.23. The summed E-state index contributed by atoms with van der Waals surface area (Å²) < 4.78 is 28.6. The van der Waals surface area contributed by atoms with Gasteiger partial charge in [-0.2, -0.15) is 4.31 Å². The minimum Gasteiger partial charge on any atom is -0.302 e.